The average molecular weight is 488 g/mol. The van der Waals surface area contributed by atoms with Gasteiger partial charge in [-0.25, -0.2) is 13.4 Å². The molecule has 0 radical (unpaired) electrons. The fourth-order valence-corrected chi connectivity index (χ4v) is 6.83. The standard InChI is InChI=1S/C20H26ClN3O5S2/c1-4-27-18(28-5-2)13(3)22-19-23-15-9-14(21)17(10-16(15)30-19)31(25,26)24-11-20(12-24)7-6-8-29-20/h6-7,9-10,13,18H,4-5,8,11-12H2,1-3H3,(H,22,23)/t13-/m0/s1. The third kappa shape index (κ3) is 4.47. The minimum atomic E-state index is -3.72. The summed E-state index contributed by atoms with van der Waals surface area (Å²) in [5.74, 6) is 0. The first kappa shape index (κ1) is 22.9. The Morgan fingerprint density at radius 3 is 2.65 bits per heavy atom. The summed E-state index contributed by atoms with van der Waals surface area (Å²) in [6.45, 7) is 7.95. The van der Waals surface area contributed by atoms with Gasteiger partial charge in [0.25, 0.3) is 0 Å². The van der Waals surface area contributed by atoms with Gasteiger partial charge in [0, 0.05) is 26.3 Å². The summed E-state index contributed by atoms with van der Waals surface area (Å²) in [4.78, 5) is 4.64. The number of sulfonamides is 1. The van der Waals surface area contributed by atoms with E-state index < -0.39 is 21.9 Å². The molecule has 1 saturated heterocycles. The number of hydrogen-bond donors (Lipinski definition) is 1. The summed E-state index contributed by atoms with van der Waals surface area (Å²) in [5.41, 5.74) is 0.147. The Balaban J connectivity index is 1.54. The van der Waals surface area contributed by atoms with Crippen molar-refractivity contribution in [2.24, 2.45) is 0 Å². The molecule has 1 N–H and O–H groups in total. The lowest BCUT2D eigenvalue weighted by atomic mass is 9.98. The van der Waals surface area contributed by atoms with Crippen LogP contribution in [-0.4, -0.2) is 68.6 Å². The number of hydrogen-bond acceptors (Lipinski definition) is 8. The fourth-order valence-electron chi connectivity index (χ4n) is 3.70. The van der Waals surface area contributed by atoms with E-state index in [0.29, 0.717) is 43.6 Å². The Labute approximate surface area is 191 Å². The number of ether oxygens (including phenoxy) is 3. The van der Waals surface area contributed by atoms with Gasteiger partial charge in [-0.3, -0.25) is 0 Å². The van der Waals surface area contributed by atoms with Crippen LogP contribution in [0.15, 0.2) is 29.2 Å². The van der Waals surface area contributed by atoms with Gasteiger partial charge in [0.15, 0.2) is 11.4 Å². The number of aromatic nitrogens is 1. The second kappa shape index (κ2) is 8.93. The first-order valence-corrected chi connectivity index (χ1v) is 12.8. The van der Waals surface area contributed by atoms with Crippen LogP contribution in [0, 0.1) is 0 Å². The molecule has 2 aliphatic heterocycles. The van der Waals surface area contributed by atoms with Gasteiger partial charge >= 0.3 is 0 Å². The number of halogens is 1. The molecule has 1 fully saturated rings. The van der Waals surface area contributed by atoms with Crippen LogP contribution >= 0.6 is 22.9 Å². The number of fused-ring (bicyclic) bond motifs is 1. The molecule has 31 heavy (non-hydrogen) atoms. The van der Waals surface area contributed by atoms with Gasteiger partial charge in [-0.05, 0) is 32.9 Å². The normalized spacial score (nSPS) is 19.4. The van der Waals surface area contributed by atoms with E-state index in [9.17, 15) is 8.42 Å². The molecule has 3 heterocycles. The van der Waals surface area contributed by atoms with Gasteiger partial charge in [0.1, 0.15) is 10.5 Å². The molecule has 1 atom stereocenters. The molecule has 170 valence electrons. The molecule has 0 amide bonds. The molecule has 1 aromatic carbocycles. The van der Waals surface area contributed by atoms with Crippen LogP contribution in [0.4, 0.5) is 5.13 Å². The number of anilines is 1. The van der Waals surface area contributed by atoms with Crippen LogP contribution in [0.25, 0.3) is 10.2 Å². The molecule has 0 saturated carbocycles. The molecule has 1 aromatic heterocycles. The predicted molar refractivity (Wildman–Crippen MR) is 121 cm³/mol. The molecular formula is C20H26ClN3O5S2. The van der Waals surface area contributed by atoms with E-state index in [-0.39, 0.29) is 16.0 Å². The highest BCUT2D eigenvalue weighted by atomic mass is 35.5. The number of rotatable bonds is 9. The lowest BCUT2D eigenvalue weighted by Crippen LogP contribution is -2.62. The van der Waals surface area contributed by atoms with E-state index in [2.05, 4.69) is 10.3 Å². The van der Waals surface area contributed by atoms with Crippen LogP contribution in [0.3, 0.4) is 0 Å². The Morgan fingerprint density at radius 2 is 2.03 bits per heavy atom. The minimum absolute atomic E-state index is 0.0863. The van der Waals surface area contributed by atoms with Crippen molar-refractivity contribution in [3.63, 3.8) is 0 Å². The third-order valence-corrected chi connectivity index (χ3v) is 8.46. The smallest absolute Gasteiger partial charge is 0.244 e. The third-order valence-electron chi connectivity index (χ3n) is 5.26. The van der Waals surface area contributed by atoms with E-state index >= 15 is 0 Å². The predicted octanol–water partition coefficient (Wildman–Crippen LogP) is 3.48. The number of nitrogens with one attached hydrogen (secondary N) is 1. The van der Waals surface area contributed by atoms with Gasteiger partial charge in [-0.15, -0.1) is 0 Å². The molecule has 0 aliphatic carbocycles. The van der Waals surface area contributed by atoms with Crippen molar-refractivity contribution in [2.75, 3.05) is 38.2 Å². The summed E-state index contributed by atoms with van der Waals surface area (Å²) in [7, 11) is -3.72. The lowest BCUT2D eigenvalue weighted by molar-refractivity contribution is -0.142. The number of benzene rings is 1. The van der Waals surface area contributed by atoms with Crippen molar-refractivity contribution in [1.29, 1.82) is 0 Å². The maximum absolute atomic E-state index is 13.1. The maximum atomic E-state index is 13.1. The molecule has 4 rings (SSSR count). The van der Waals surface area contributed by atoms with Crippen LogP contribution in [-0.2, 0) is 24.2 Å². The minimum Gasteiger partial charge on any atom is -0.364 e. The Hall–Kier alpha value is -1.27. The SMILES string of the molecule is CCOC(OCC)[C@H](C)Nc1nc2cc(Cl)c(S(=O)(=O)N3CC4(C=CCO4)C3)cc2s1. The van der Waals surface area contributed by atoms with Crippen LogP contribution in [0.5, 0.6) is 0 Å². The Kier molecular flexibility index (Phi) is 6.60. The van der Waals surface area contributed by atoms with Crippen LogP contribution in [0.2, 0.25) is 5.02 Å². The van der Waals surface area contributed by atoms with E-state index in [0.717, 1.165) is 4.70 Å². The summed E-state index contributed by atoms with van der Waals surface area (Å²) < 4.78 is 45.3. The van der Waals surface area contributed by atoms with Gasteiger partial charge < -0.3 is 19.5 Å². The topological polar surface area (TPSA) is 90.0 Å². The Bertz CT molecular complexity index is 1080. The Morgan fingerprint density at radius 1 is 1.32 bits per heavy atom. The molecule has 2 aliphatic rings. The summed E-state index contributed by atoms with van der Waals surface area (Å²) in [6, 6.07) is 3.05. The zero-order valence-electron chi connectivity index (χ0n) is 17.6. The highest BCUT2D eigenvalue weighted by Gasteiger charge is 2.49. The zero-order valence-corrected chi connectivity index (χ0v) is 20.0. The molecule has 0 bridgehead atoms. The highest BCUT2D eigenvalue weighted by molar-refractivity contribution is 7.89. The highest BCUT2D eigenvalue weighted by Crippen LogP contribution is 2.39. The van der Waals surface area contributed by atoms with Crippen LogP contribution in [0.1, 0.15) is 20.8 Å². The molecule has 8 nitrogen and oxygen atoms in total. The second-order valence-corrected chi connectivity index (χ2v) is 10.9. The molecule has 1 spiro atoms. The quantitative estimate of drug-likeness (QED) is 0.427. The zero-order chi connectivity index (χ0) is 22.2. The molecule has 0 unspecified atom stereocenters. The van der Waals surface area contributed by atoms with Crippen molar-refractivity contribution in [3.8, 4) is 0 Å². The van der Waals surface area contributed by atoms with E-state index in [1.807, 2.05) is 32.9 Å². The van der Waals surface area contributed by atoms with Gasteiger partial charge in [-0.2, -0.15) is 4.31 Å². The van der Waals surface area contributed by atoms with Crippen molar-refractivity contribution in [2.45, 2.75) is 43.6 Å². The molecule has 11 heteroatoms. The fraction of sp³-hybridized carbons (Fsp3) is 0.550. The van der Waals surface area contributed by atoms with Gasteiger partial charge in [-0.1, -0.05) is 35.1 Å². The summed E-state index contributed by atoms with van der Waals surface area (Å²) >= 11 is 7.73. The van der Waals surface area contributed by atoms with Crippen molar-refractivity contribution >= 4 is 48.3 Å². The number of nitrogens with zero attached hydrogens (tertiary/aromatic N) is 2. The van der Waals surface area contributed by atoms with Crippen molar-refractivity contribution in [3.05, 3.63) is 29.3 Å². The van der Waals surface area contributed by atoms with E-state index in [1.54, 1.807) is 12.1 Å². The first-order chi connectivity index (χ1) is 14.8. The number of thiazole rings is 1. The largest absolute Gasteiger partial charge is 0.364 e. The van der Waals surface area contributed by atoms with Crippen molar-refractivity contribution < 1.29 is 22.6 Å². The monoisotopic (exact) mass is 487 g/mol. The van der Waals surface area contributed by atoms with Gasteiger partial charge in [0.05, 0.1) is 27.9 Å². The first-order valence-electron chi connectivity index (χ1n) is 10.2. The molecule has 2 aromatic rings. The second-order valence-electron chi connectivity index (χ2n) is 7.53. The maximum Gasteiger partial charge on any atom is 0.244 e. The summed E-state index contributed by atoms with van der Waals surface area (Å²) in [5, 5.41) is 4.09. The molecular weight excluding hydrogens is 462 g/mol. The van der Waals surface area contributed by atoms with Gasteiger partial charge in [0.2, 0.25) is 10.0 Å². The van der Waals surface area contributed by atoms with E-state index in [1.165, 1.54) is 15.6 Å². The average Bonchev–Trinajstić information content (AvgIpc) is 3.32. The summed E-state index contributed by atoms with van der Waals surface area (Å²) in [6.07, 6.45) is 3.44. The van der Waals surface area contributed by atoms with E-state index in [4.69, 9.17) is 25.8 Å². The lowest BCUT2D eigenvalue weighted by Gasteiger charge is -2.44. The van der Waals surface area contributed by atoms with Crippen molar-refractivity contribution in [1.82, 2.24) is 9.29 Å². The van der Waals surface area contributed by atoms with Crippen LogP contribution < -0.4 is 5.32 Å².